The summed E-state index contributed by atoms with van der Waals surface area (Å²) in [5, 5.41) is 11.6. The van der Waals surface area contributed by atoms with Crippen LogP contribution in [0.1, 0.15) is 0 Å². The molecule has 4 heterocycles. The van der Waals surface area contributed by atoms with Crippen LogP contribution in [0.25, 0.3) is 136 Å². The van der Waals surface area contributed by atoms with Crippen LogP contribution in [0.3, 0.4) is 0 Å². The average molecular weight is 847 g/mol. The molecule has 6 heteroatoms. The van der Waals surface area contributed by atoms with Crippen LogP contribution in [0, 0.1) is 0 Å². The van der Waals surface area contributed by atoms with Crippen molar-refractivity contribution in [3.63, 3.8) is 0 Å². The molecule has 4 aromatic heterocycles. The SMILES string of the molecule is c1ccc(-c2cccc(-c3nc(-c4cc(-n5c6ccccc6c6cc7ccccc7cc65)c5c(c4)oc4cc6ccccc6cc45)nc(-c4ccc5sc6ccccc6c5c4)n3)c2)cc1. The number of hydrogen-bond acceptors (Lipinski definition) is 5. The van der Waals surface area contributed by atoms with Crippen molar-refractivity contribution in [2.45, 2.75) is 0 Å². The van der Waals surface area contributed by atoms with E-state index in [1.165, 1.54) is 41.7 Å². The van der Waals surface area contributed by atoms with Crippen LogP contribution < -0.4 is 0 Å². The van der Waals surface area contributed by atoms with Crippen LogP contribution in [-0.2, 0) is 0 Å². The van der Waals surface area contributed by atoms with Crippen molar-refractivity contribution in [2.75, 3.05) is 0 Å². The van der Waals surface area contributed by atoms with Crippen molar-refractivity contribution in [1.29, 1.82) is 0 Å². The van der Waals surface area contributed by atoms with E-state index in [0.717, 1.165) is 77.2 Å². The Morgan fingerprint density at radius 3 is 1.74 bits per heavy atom. The van der Waals surface area contributed by atoms with Gasteiger partial charge in [-0.05, 0) is 105 Å². The van der Waals surface area contributed by atoms with Crippen molar-refractivity contribution in [2.24, 2.45) is 0 Å². The number of nitrogens with zero attached hydrogens (tertiary/aromatic N) is 4. The molecular formula is C59H34N4OS. The molecule has 0 N–H and O–H groups in total. The molecular weight excluding hydrogens is 813 g/mol. The Hall–Kier alpha value is -8.45. The lowest BCUT2D eigenvalue weighted by molar-refractivity contribution is 0.669. The van der Waals surface area contributed by atoms with Gasteiger partial charge in [-0.2, -0.15) is 0 Å². The van der Waals surface area contributed by atoms with Gasteiger partial charge in [-0.25, -0.2) is 15.0 Å². The van der Waals surface area contributed by atoms with Crippen LogP contribution in [0.4, 0.5) is 0 Å². The Bertz CT molecular complexity index is 4260. The summed E-state index contributed by atoms with van der Waals surface area (Å²) in [5.41, 5.74) is 9.69. The molecule has 5 nitrogen and oxygen atoms in total. The maximum Gasteiger partial charge on any atom is 0.164 e. The normalized spacial score (nSPS) is 12.0. The molecule has 0 aliphatic rings. The third kappa shape index (κ3) is 5.74. The number of fused-ring (bicyclic) bond motifs is 11. The highest BCUT2D eigenvalue weighted by Crippen LogP contribution is 2.43. The lowest BCUT2D eigenvalue weighted by atomic mass is 10.0. The number of benzene rings is 10. The second-order valence-corrected chi connectivity index (χ2v) is 17.9. The summed E-state index contributed by atoms with van der Waals surface area (Å²) in [6.45, 7) is 0. The molecule has 0 atom stereocenters. The predicted octanol–water partition coefficient (Wildman–Crippen LogP) is 16.2. The summed E-state index contributed by atoms with van der Waals surface area (Å²) in [4.78, 5) is 16.0. The number of rotatable bonds is 5. The zero-order valence-corrected chi connectivity index (χ0v) is 35.6. The van der Waals surface area contributed by atoms with Gasteiger partial charge in [-0.15, -0.1) is 11.3 Å². The van der Waals surface area contributed by atoms with Crippen LogP contribution in [0.5, 0.6) is 0 Å². The monoisotopic (exact) mass is 846 g/mol. The quantitative estimate of drug-likeness (QED) is 0.173. The Morgan fingerprint density at radius 2 is 0.938 bits per heavy atom. The highest BCUT2D eigenvalue weighted by molar-refractivity contribution is 7.25. The van der Waals surface area contributed by atoms with Crippen molar-refractivity contribution in [1.82, 2.24) is 19.5 Å². The number of furan rings is 1. The number of para-hydroxylation sites is 1. The van der Waals surface area contributed by atoms with E-state index in [1.54, 1.807) is 11.3 Å². The Morgan fingerprint density at radius 1 is 0.338 bits per heavy atom. The molecule has 0 unspecified atom stereocenters. The Kier molecular flexibility index (Phi) is 7.79. The molecule has 0 bridgehead atoms. The van der Waals surface area contributed by atoms with E-state index in [4.69, 9.17) is 19.4 Å². The maximum atomic E-state index is 6.95. The number of aromatic nitrogens is 4. The van der Waals surface area contributed by atoms with Crippen molar-refractivity contribution >= 4 is 96.8 Å². The molecule has 0 saturated heterocycles. The zero-order valence-electron chi connectivity index (χ0n) is 34.7. The van der Waals surface area contributed by atoms with Gasteiger partial charge in [0.2, 0.25) is 0 Å². The first-order valence-electron chi connectivity index (χ1n) is 21.8. The molecule has 0 saturated carbocycles. The molecule has 0 fully saturated rings. The highest BCUT2D eigenvalue weighted by atomic mass is 32.1. The minimum absolute atomic E-state index is 0.561. The highest BCUT2D eigenvalue weighted by Gasteiger charge is 2.23. The molecule has 0 spiro atoms. The van der Waals surface area contributed by atoms with Crippen LogP contribution in [0.15, 0.2) is 211 Å². The second-order valence-electron chi connectivity index (χ2n) is 16.8. The summed E-state index contributed by atoms with van der Waals surface area (Å²) >= 11 is 1.80. The van der Waals surface area contributed by atoms with Gasteiger partial charge >= 0.3 is 0 Å². The molecule has 14 aromatic rings. The Labute approximate surface area is 376 Å². The van der Waals surface area contributed by atoms with E-state index in [9.17, 15) is 0 Å². The van der Waals surface area contributed by atoms with E-state index >= 15 is 0 Å². The maximum absolute atomic E-state index is 6.95. The van der Waals surface area contributed by atoms with Crippen molar-refractivity contribution < 1.29 is 4.42 Å². The molecule has 65 heavy (non-hydrogen) atoms. The smallest absolute Gasteiger partial charge is 0.164 e. The lowest BCUT2D eigenvalue weighted by Crippen LogP contribution is -2.02. The van der Waals surface area contributed by atoms with E-state index in [2.05, 4.69) is 205 Å². The lowest BCUT2D eigenvalue weighted by Gasteiger charge is -2.14. The molecule has 10 aromatic carbocycles. The van der Waals surface area contributed by atoms with Gasteiger partial charge in [0.1, 0.15) is 11.2 Å². The molecule has 0 aliphatic heterocycles. The first-order valence-corrected chi connectivity index (χ1v) is 22.6. The minimum Gasteiger partial charge on any atom is -0.456 e. The third-order valence-corrected chi connectivity index (χ3v) is 14.1. The van der Waals surface area contributed by atoms with Gasteiger partial charge in [0.15, 0.2) is 17.5 Å². The second kappa shape index (κ2) is 14.0. The summed E-state index contributed by atoms with van der Waals surface area (Å²) in [6, 6.07) is 73.3. The van der Waals surface area contributed by atoms with E-state index in [-0.39, 0.29) is 0 Å². The van der Waals surface area contributed by atoms with Gasteiger partial charge < -0.3 is 8.98 Å². The molecule has 0 aliphatic carbocycles. The topological polar surface area (TPSA) is 56.7 Å². The summed E-state index contributed by atoms with van der Waals surface area (Å²) in [6.07, 6.45) is 0. The van der Waals surface area contributed by atoms with Gasteiger partial charge in [0.05, 0.1) is 22.1 Å². The van der Waals surface area contributed by atoms with Gasteiger partial charge in [-0.3, -0.25) is 0 Å². The molecule has 14 rings (SSSR count). The fraction of sp³-hybridized carbons (Fsp3) is 0. The number of hydrogen-bond donors (Lipinski definition) is 0. The zero-order chi connectivity index (χ0) is 42.6. The third-order valence-electron chi connectivity index (χ3n) is 13.0. The van der Waals surface area contributed by atoms with E-state index in [1.807, 2.05) is 6.07 Å². The van der Waals surface area contributed by atoms with Gasteiger partial charge in [0, 0.05) is 53.0 Å². The van der Waals surface area contributed by atoms with Crippen molar-refractivity contribution in [3.05, 3.63) is 206 Å². The molecule has 302 valence electrons. The fourth-order valence-electron chi connectivity index (χ4n) is 9.89. The minimum atomic E-state index is 0.561. The first-order chi connectivity index (χ1) is 32.2. The van der Waals surface area contributed by atoms with Gasteiger partial charge in [-0.1, -0.05) is 133 Å². The first kappa shape index (κ1) is 36.1. The summed E-state index contributed by atoms with van der Waals surface area (Å²) in [5.74, 6) is 1.76. The number of thiophene rings is 1. The molecule has 0 radical (unpaired) electrons. The Balaban J connectivity index is 1.07. The van der Waals surface area contributed by atoms with Crippen LogP contribution in [-0.4, -0.2) is 19.5 Å². The van der Waals surface area contributed by atoms with Gasteiger partial charge in [0.25, 0.3) is 0 Å². The summed E-state index contributed by atoms with van der Waals surface area (Å²) < 4.78 is 11.8. The van der Waals surface area contributed by atoms with E-state index in [0.29, 0.717) is 17.5 Å². The van der Waals surface area contributed by atoms with Crippen LogP contribution in [0.2, 0.25) is 0 Å². The van der Waals surface area contributed by atoms with Crippen LogP contribution >= 0.6 is 11.3 Å². The predicted molar refractivity (Wildman–Crippen MR) is 271 cm³/mol. The standard InChI is InChI=1S/C59H34N4OS/c1-2-13-35(14-3-1)36-19-12-20-41(27-36)57-60-58(42-25-26-55-47(30-42)45-22-9-11-24-54(45)65-55)62-59(61-57)43-32-51(56-48-29-38-16-5-7-18-40(38)33-52(48)64-53(56)34-43)63-49-23-10-8-21-44(49)46-28-37-15-4-6-17-39(37)31-50(46)63/h1-34H. The summed E-state index contributed by atoms with van der Waals surface area (Å²) in [7, 11) is 0. The fourth-order valence-corrected chi connectivity index (χ4v) is 11.0. The van der Waals surface area contributed by atoms with Crippen molar-refractivity contribution in [3.8, 4) is 51.0 Å². The largest absolute Gasteiger partial charge is 0.456 e. The van der Waals surface area contributed by atoms with E-state index < -0.39 is 0 Å². The molecule has 0 amide bonds. The average Bonchev–Trinajstić information content (AvgIpc) is 4.03.